The van der Waals surface area contributed by atoms with E-state index < -0.39 is 11.1 Å². The van der Waals surface area contributed by atoms with Crippen LogP contribution in [0.25, 0.3) is 33.9 Å². The highest BCUT2D eigenvalue weighted by Gasteiger charge is 2.14. The van der Waals surface area contributed by atoms with E-state index in [9.17, 15) is 9.59 Å². The number of hydrogen-bond donors (Lipinski definition) is 1. The maximum absolute atomic E-state index is 12.0. The Bertz CT molecular complexity index is 1280. The highest BCUT2D eigenvalue weighted by atomic mass is 16.5. The normalized spacial score (nSPS) is 11.2. The molecule has 2 aromatic carbocycles. The number of fused-ring (bicyclic) bond motifs is 1. The Kier molecular flexibility index (Phi) is 3.99. The summed E-state index contributed by atoms with van der Waals surface area (Å²) in [6, 6.07) is 11.3. The average Bonchev–Trinajstić information content (AvgIpc) is 3.12. The second-order valence-electron chi connectivity index (χ2n) is 6.48. The molecule has 4 rings (SSSR count). The predicted molar refractivity (Wildman–Crippen MR) is 103 cm³/mol. The Hall–Kier alpha value is -3.48. The third kappa shape index (κ3) is 2.87. The number of nitrogens with one attached hydrogen (secondary N) is 1. The third-order valence-electron chi connectivity index (χ3n) is 4.59. The minimum absolute atomic E-state index is 0.414. The SMILES string of the molecule is CCn1c(=O)c(=O)[nH]c2cc(-c3noc(-c4ccc(C)cc4C)n3)ccc21. The van der Waals surface area contributed by atoms with Crippen molar-refractivity contribution in [2.24, 2.45) is 0 Å². The van der Waals surface area contributed by atoms with Crippen LogP contribution in [0, 0.1) is 13.8 Å². The molecule has 0 fully saturated rings. The zero-order valence-corrected chi connectivity index (χ0v) is 15.2. The molecule has 2 heterocycles. The Morgan fingerprint density at radius 2 is 1.93 bits per heavy atom. The molecule has 0 spiro atoms. The van der Waals surface area contributed by atoms with Crippen molar-refractivity contribution in [3.05, 3.63) is 68.2 Å². The summed E-state index contributed by atoms with van der Waals surface area (Å²) in [5.41, 5.74) is 3.80. The largest absolute Gasteiger partial charge is 0.334 e. The molecular formula is C20H18N4O3. The smallest absolute Gasteiger partial charge is 0.316 e. The maximum atomic E-state index is 12.0. The molecule has 0 saturated carbocycles. The lowest BCUT2D eigenvalue weighted by Crippen LogP contribution is -2.35. The standard InChI is InChI=1S/C20H18N4O3/c1-4-24-16-8-6-13(10-15(16)21-18(25)20(24)26)17-22-19(27-23-17)14-7-5-11(2)9-12(14)3/h5-10H,4H2,1-3H3,(H,21,25). The van der Waals surface area contributed by atoms with Gasteiger partial charge in [-0.3, -0.25) is 9.59 Å². The van der Waals surface area contributed by atoms with Gasteiger partial charge in [0.2, 0.25) is 5.82 Å². The van der Waals surface area contributed by atoms with E-state index in [0.29, 0.717) is 34.9 Å². The van der Waals surface area contributed by atoms with Crippen LogP contribution in [-0.2, 0) is 6.54 Å². The van der Waals surface area contributed by atoms with Gasteiger partial charge in [0.05, 0.1) is 11.0 Å². The fraction of sp³-hybridized carbons (Fsp3) is 0.200. The quantitative estimate of drug-likeness (QED) is 0.565. The minimum atomic E-state index is -0.648. The van der Waals surface area contributed by atoms with Crippen LogP contribution in [0.4, 0.5) is 0 Å². The van der Waals surface area contributed by atoms with Crippen LogP contribution in [0.3, 0.4) is 0 Å². The number of H-pyrrole nitrogens is 1. The molecule has 2 aromatic heterocycles. The van der Waals surface area contributed by atoms with Crippen LogP contribution in [0.15, 0.2) is 50.5 Å². The third-order valence-corrected chi connectivity index (χ3v) is 4.59. The van der Waals surface area contributed by atoms with Gasteiger partial charge in [-0.25, -0.2) is 0 Å². The van der Waals surface area contributed by atoms with E-state index in [2.05, 4.69) is 21.2 Å². The predicted octanol–water partition coefficient (Wildman–Crippen LogP) is 3.04. The summed E-state index contributed by atoms with van der Waals surface area (Å²) in [6.07, 6.45) is 0. The number of nitrogens with zero attached hydrogens (tertiary/aromatic N) is 3. The van der Waals surface area contributed by atoms with Crippen LogP contribution < -0.4 is 11.1 Å². The van der Waals surface area contributed by atoms with Gasteiger partial charge in [0, 0.05) is 17.7 Å². The highest BCUT2D eigenvalue weighted by Crippen LogP contribution is 2.26. The summed E-state index contributed by atoms with van der Waals surface area (Å²) in [7, 11) is 0. The first-order valence-electron chi connectivity index (χ1n) is 8.66. The van der Waals surface area contributed by atoms with Gasteiger partial charge in [0.1, 0.15) is 0 Å². The first-order chi connectivity index (χ1) is 13.0. The number of hydrogen-bond acceptors (Lipinski definition) is 5. The van der Waals surface area contributed by atoms with Gasteiger partial charge in [-0.1, -0.05) is 22.9 Å². The molecule has 0 aliphatic rings. The molecule has 7 nitrogen and oxygen atoms in total. The van der Waals surface area contributed by atoms with Crippen molar-refractivity contribution < 1.29 is 4.52 Å². The molecule has 0 amide bonds. The molecule has 0 aliphatic heterocycles. The summed E-state index contributed by atoms with van der Waals surface area (Å²) in [6.45, 7) is 6.26. The molecule has 0 bridgehead atoms. The molecule has 27 heavy (non-hydrogen) atoms. The first kappa shape index (κ1) is 17.0. The molecule has 0 aliphatic carbocycles. The Morgan fingerprint density at radius 1 is 1.11 bits per heavy atom. The van der Waals surface area contributed by atoms with Gasteiger partial charge in [-0.2, -0.15) is 4.98 Å². The van der Waals surface area contributed by atoms with E-state index in [1.807, 2.05) is 39.0 Å². The van der Waals surface area contributed by atoms with Crippen molar-refractivity contribution >= 4 is 11.0 Å². The average molecular weight is 362 g/mol. The monoisotopic (exact) mass is 362 g/mol. The molecule has 0 atom stereocenters. The van der Waals surface area contributed by atoms with E-state index in [1.165, 1.54) is 4.57 Å². The minimum Gasteiger partial charge on any atom is -0.334 e. The lowest BCUT2D eigenvalue weighted by atomic mass is 10.1. The molecule has 0 saturated heterocycles. The van der Waals surface area contributed by atoms with Gasteiger partial charge in [0.25, 0.3) is 5.89 Å². The topological polar surface area (TPSA) is 93.8 Å². The molecule has 0 radical (unpaired) electrons. The number of aromatic amines is 1. The highest BCUT2D eigenvalue weighted by molar-refractivity contribution is 5.80. The Labute approximate surface area is 154 Å². The van der Waals surface area contributed by atoms with Gasteiger partial charge < -0.3 is 14.1 Å². The van der Waals surface area contributed by atoms with Crippen LogP contribution >= 0.6 is 0 Å². The van der Waals surface area contributed by atoms with Crippen LogP contribution in [0.2, 0.25) is 0 Å². The first-order valence-corrected chi connectivity index (χ1v) is 8.66. The summed E-state index contributed by atoms with van der Waals surface area (Å²) >= 11 is 0. The van der Waals surface area contributed by atoms with E-state index in [1.54, 1.807) is 12.1 Å². The number of rotatable bonds is 3. The number of aryl methyl sites for hydroxylation is 3. The zero-order chi connectivity index (χ0) is 19.1. The van der Waals surface area contributed by atoms with Gasteiger partial charge >= 0.3 is 11.1 Å². The van der Waals surface area contributed by atoms with Crippen molar-refractivity contribution in [2.45, 2.75) is 27.3 Å². The maximum Gasteiger partial charge on any atom is 0.316 e. The molecule has 0 unspecified atom stereocenters. The molecule has 136 valence electrons. The van der Waals surface area contributed by atoms with Crippen LogP contribution in [0.5, 0.6) is 0 Å². The summed E-state index contributed by atoms with van der Waals surface area (Å²) < 4.78 is 6.88. The van der Waals surface area contributed by atoms with E-state index >= 15 is 0 Å². The van der Waals surface area contributed by atoms with E-state index in [-0.39, 0.29) is 0 Å². The summed E-state index contributed by atoms with van der Waals surface area (Å²) in [4.78, 5) is 31.0. The lowest BCUT2D eigenvalue weighted by molar-refractivity contribution is 0.432. The van der Waals surface area contributed by atoms with Crippen molar-refractivity contribution in [3.8, 4) is 22.8 Å². The second-order valence-corrected chi connectivity index (χ2v) is 6.48. The van der Waals surface area contributed by atoms with Gasteiger partial charge in [-0.05, 0) is 50.6 Å². The van der Waals surface area contributed by atoms with E-state index in [4.69, 9.17) is 4.52 Å². The summed E-state index contributed by atoms with van der Waals surface area (Å²) in [5, 5.41) is 4.07. The van der Waals surface area contributed by atoms with Gasteiger partial charge in [0.15, 0.2) is 0 Å². The lowest BCUT2D eigenvalue weighted by Gasteiger charge is -2.07. The van der Waals surface area contributed by atoms with Crippen molar-refractivity contribution in [3.63, 3.8) is 0 Å². The van der Waals surface area contributed by atoms with E-state index in [0.717, 1.165) is 16.7 Å². The van der Waals surface area contributed by atoms with Crippen LogP contribution in [-0.4, -0.2) is 19.7 Å². The summed E-state index contributed by atoms with van der Waals surface area (Å²) in [5.74, 6) is 0.858. The van der Waals surface area contributed by atoms with Crippen molar-refractivity contribution in [1.29, 1.82) is 0 Å². The van der Waals surface area contributed by atoms with Crippen molar-refractivity contribution in [2.75, 3.05) is 0 Å². The molecule has 1 N–H and O–H groups in total. The molecular weight excluding hydrogens is 344 g/mol. The molecule has 7 heteroatoms. The second kappa shape index (κ2) is 6.35. The number of benzene rings is 2. The molecule has 4 aromatic rings. The van der Waals surface area contributed by atoms with Crippen LogP contribution in [0.1, 0.15) is 18.1 Å². The Morgan fingerprint density at radius 3 is 2.67 bits per heavy atom. The van der Waals surface area contributed by atoms with Gasteiger partial charge in [-0.15, -0.1) is 0 Å². The van der Waals surface area contributed by atoms with Crippen molar-refractivity contribution in [1.82, 2.24) is 19.7 Å². The fourth-order valence-electron chi connectivity index (χ4n) is 3.24. The Balaban J connectivity index is 1.82. The fourth-order valence-corrected chi connectivity index (χ4v) is 3.24. The number of aromatic nitrogens is 4. The zero-order valence-electron chi connectivity index (χ0n) is 15.2.